The molecule has 152 valence electrons. The van der Waals surface area contributed by atoms with Gasteiger partial charge < -0.3 is 19.1 Å². The summed E-state index contributed by atoms with van der Waals surface area (Å²) in [5.41, 5.74) is 1.48. The summed E-state index contributed by atoms with van der Waals surface area (Å²) in [6.07, 6.45) is 5.51. The van der Waals surface area contributed by atoms with E-state index in [1.807, 2.05) is 32.3 Å². The Labute approximate surface area is 170 Å². The maximum Gasteiger partial charge on any atom is 0.273 e. The molecule has 0 atom stereocenters. The lowest BCUT2D eigenvalue weighted by molar-refractivity contribution is 0.0759. The van der Waals surface area contributed by atoms with Crippen molar-refractivity contribution in [3.63, 3.8) is 0 Å². The van der Waals surface area contributed by atoms with Gasteiger partial charge in [-0.1, -0.05) is 0 Å². The van der Waals surface area contributed by atoms with Crippen molar-refractivity contribution in [2.75, 3.05) is 38.7 Å². The average Bonchev–Trinajstić information content (AvgIpc) is 3.19. The van der Waals surface area contributed by atoms with Gasteiger partial charge in [0.05, 0.1) is 19.0 Å². The van der Waals surface area contributed by atoms with Gasteiger partial charge >= 0.3 is 0 Å². The number of hydrogen-bond donors (Lipinski definition) is 0. The summed E-state index contributed by atoms with van der Waals surface area (Å²) in [5, 5.41) is 1.08. The summed E-state index contributed by atoms with van der Waals surface area (Å²) < 4.78 is 7.09. The molecule has 29 heavy (non-hydrogen) atoms. The number of benzene rings is 1. The van der Waals surface area contributed by atoms with E-state index in [2.05, 4.69) is 22.0 Å². The second-order valence-electron chi connectivity index (χ2n) is 7.77. The number of piperidine rings is 1. The van der Waals surface area contributed by atoms with Crippen molar-refractivity contribution in [2.45, 2.75) is 12.8 Å². The molecule has 0 spiro atoms. The van der Waals surface area contributed by atoms with Gasteiger partial charge in [-0.2, -0.15) is 0 Å². The van der Waals surface area contributed by atoms with E-state index in [0.29, 0.717) is 11.6 Å². The molecular formula is C22H27N5O2. The fourth-order valence-corrected chi connectivity index (χ4v) is 3.93. The Morgan fingerprint density at radius 1 is 1.24 bits per heavy atom. The van der Waals surface area contributed by atoms with Crippen LogP contribution < -0.4 is 9.64 Å². The first-order chi connectivity index (χ1) is 14.0. The molecule has 2 aromatic heterocycles. The number of amides is 1. The Kier molecular flexibility index (Phi) is 5.38. The van der Waals surface area contributed by atoms with Crippen LogP contribution in [0.4, 0.5) is 5.82 Å². The van der Waals surface area contributed by atoms with Gasteiger partial charge in [0.15, 0.2) is 0 Å². The SMILES string of the molecule is COc1ccc2nc(N3CCC(CN(C)C(=O)c4cn(C)cn4)CC3)ccc2c1. The number of rotatable bonds is 5. The van der Waals surface area contributed by atoms with Crippen LogP contribution >= 0.6 is 0 Å². The van der Waals surface area contributed by atoms with E-state index in [1.54, 1.807) is 29.1 Å². The first-order valence-electron chi connectivity index (χ1n) is 9.96. The molecular weight excluding hydrogens is 366 g/mol. The van der Waals surface area contributed by atoms with Crippen molar-refractivity contribution in [1.29, 1.82) is 0 Å². The summed E-state index contributed by atoms with van der Waals surface area (Å²) >= 11 is 0. The number of carbonyl (C=O) groups is 1. The molecule has 1 aliphatic heterocycles. The third-order valence-electron chi connectivity index (χ3n) is 5.62. The fourth-order valence-electron chi connectivity index (χ4n) is 3.93. The van der Waals surface area contributed by atoms with Crippen LogP contribution in [-0.2, 0) is 7.05 Å². The predicted molar refractivity (Wildman–Crippen MR) is 113 cm³/mol. The number of ether oxygens (including phenoxy) is 1. The molecule has 3 aromatic rings. The smallest absolute Gasteiger partial charge is 0.273 e. The van der Waals surface area contributed by atoms with E-state index in [0.717, 1.165) is 54.9 Å². The lowest BCUT2D eigenvalue weighted by Crippen LogP contribution is -2.39. The van der Waals surface area contributed by atoms with Crippen LogP contribution in [0, 0.1) is 5.92 Å². The zero-order chi connectivity index (χ0) is 20.4. The van der Waals surface area contributed by atoms with Crippen molar-refractivity contribution < 1.29 is 9.53 Å². The van der Waals surface area contributed by atoms with Crippen LogP contribution in [-0.4, -0.2) is 59.1 Å². The molecule has 0 unspecified atom stereocenters. The number of pyridine rings is 1. The molecule has 4 rings (SSSR count). The van der Waals surface area contributed by atoms with Gasteiger partial charge in [-0.15, -0.1) is 0 Å². The monoisotopic (exact) mass is 393 g/mol. The van der Waals surface area contributed by atoms with Crippen molar-refractivity contribution in [1.82, 2.24) is 19.4 Å². The molecule has 1 saturated heterocycles. The highest BCUT2D eigenvalue weighted by Crippen LogP contribution is 2.26. The first-order valence-corrected chi connectivity index (χ1v) is 9.96. The molecule has 7 nitrogen and oxygen atoms in total. The Morgan fingerprint density at radius 3 is 2.72 bits per heavy atom. The summed E-state index contributed by atoms with van der Waals surface area (Å²) in [5.74, 6) is 2.34. The number of nitrogens with zero attached hydrogens (tertiary/aromatic N) is 5. The van der Waals surface area contributed by atoms with Gasteiger partial charge in [0, 0.05) is 45.3 Å². The first kappa shape index (κ1) is 19.2. The second-order valence-corrected chi connectivity index (χ2v) is 7.77. The molecule has 1 amide bonds. The molecule has 7 heteroatoms. The third kappa shape index (κ3) is 4.18. The number of fused-ring (bicyclic) bond motifs is 1. The van der Waals surface area contributed by atoms with Gasteiger partial charge in [0.1, 0.15) is 17.3 Å². The minimum atomic E-state index is -0.0142. The molecule has 0 N–H and O–H groups in total. The molecule has 0 bridgehead atoms. The van der Waals surface area contributed by atoms with E-state index in [1.165, 1.54) is 0 Å². The molecule has 1 aliphatic rings. The van der Waals surface area contributed by atoms with Gasteiger partial charge in [-0.3, -0.25) is 4.79 Å². The molecule has 1 aromatic carbocycles. The minimum absolute atomic E-state index is 0.0142. The van der Waals surface area contributed by atoms with Crippen LogP contribution in [0.2, 0.25) is 0 Å². The highest BCUT2D eigenvalue weighted by Gasteiger charge is 2.24. The van der Waals surface area contributed by atoms with Crippen LogP contribution in [0.1, 0.15) is 23.3 Å². The van der Waals surface area contributed by atoms with Crippen LogP contribution in [0.15, 0.2) is 42.9 Å². The van der Waals surface area contributed by atoms with E-state index < -0.39 is 0 Å². The van der Waals surface area contributed by atoms with Crippen molar-refractivity contribution in [2.24, 2.45) is 13.0 Å². The highest BCUT2D eigenvalue weighted by atomic mass is 16.5. The maximum atomic E-state index is 12.5. The maximum absolute atomic E-state index is 12.5. The molecule has 0 saturated carbocycles. The summed E-state index contributed by atoms with van der Waals surface area (Å²) in [7, 11) is 5.41. The van der Waals surface area contributed by atoms with E-state index in [4.69, 9.17) is 9.72 Å². The van der Waals surface area contributed by atoms with Crippen LogP contribution in [0.5, 0.6) is 5.75 Å². The topological polar surface area (TPSA) is 63.5 Å². The average molecular weight is 393 g/mol. The van der Waals surface area contributed by atoms with E-state index in [9.17, 15) is 4.79 Å². The Hall–Kier alpha value is -3.09. The lowest BCUT2D eigenvalue weighted by atomic mass is 9.96. The van der Waals surface area contributed by atoms with Crippen LogP contribution in [0.3, 0.4) is 0 Å². The van der Waals surface area contributed by atoms with Crippen molar-refractivity contribution in [3.8, 4) is 5.75 Å². The van der Waals surface area contributed by atoms with Gasteiger partial charge in [0.25, 0.3) is 5.91 Å². The second kappa shape index (κ2) is 8.11. The number of methoxy groups -OCH3 is 1. The highest BCUT2D eigenvalue weighted by molar-refractivity contribution is 5.91. The lowest BCUT2D eigenvalue weighted by Gasteiger charge is -2.34. The molecule has 0 aliphatic carbocycles. The summed E-state index contributed by atoms with van der Waals surface area (Å²) in [6.45, 7) is 2.66. The van der Waals surface area contributed by atoms with Gasteiger partial charge in [-0.25, -0.2) is 9.97 Å². The van der Waals surface area contributed by atoms with Gasteiger partial charge in [0.2, 0.25) is 0 Å². The van der Waals surface area contributed by atoms with Crippen molar-refractivity contribution in [3.05, 3.63) is 48.5 Å². The summed E-state index contributed by atoms with van der Waals surface area (Å²) in [4.78, 5) is 25.6. The fraction of sp³-hybridized carbons (Fsp3) is 0.409. The standard InChI is InChI=1S/C22H27N5O2/c1-25-14-20(23-15-25)22(28)26(2)13-16-8-10-27(11-9-16)21-7-4-17-12-18(29-3)5-6-19(17)24-21/h4-7,12,14-16H,8-11,13H2,1-3H3. The number of imidazole rings is 1. The van der Waals surface area contributed by atoms with E-state index in [-0.39, 0.29) is 5.91 Å². The third-order valence-corrected chi connectivity index (χ3v) is 5.62. The predicted octanol–water partition coefficient (Wildman–Crippen LogP) is 2.97. The number of anilines is 1. The van der Waals surface area contributed by atoms with Gasteiger partial charge in [-0.05, 0) is 49.1 Å². The number of aromatic nitrogens is 3. The largest absolute Gasteiger partial charge is 0.497 e. The zero-order valence-electron chi connectivity index (χ0n) is 17.2. The van der Waals surface area contributed by atoms with Crippen LogP contribution in [0.25, 0.3) is 10.9 Å². The minimum Gasteiger partial charge on any atom is -0.497 e. The Morgan fingerprint density at radius 2 is 2.03 bits per heavy atom. The summed E-state index contributed by atoms with van der Waals surface area (Å²) in [6, 6.07) is 10.1. The molecule has 0 radical (unpaired) electrons. The van der Waals surface area contributed by atoms with E-state index >= 15 is 0 Å². The number of carbonyl (C=O) groups excluding carboxylic acids is 1. The molecule has 3 heterocycles. The Bertz CT molecular complexity index is 1010. The number of hydrogen-bond acceptors (Lipinski definition) is 5. The number of aryl methyl sites for hydroxylation is 1. The van der Waals surface area contributed by atoms with Crippen molar-refractivity contribution >= 4 is 22.6 Å². The molecule has 1 fully saturated rings. The normalized spacial score (nSPS) is 14.9. The Balaban J connectivity index is 1.35. The zero-order valence-corrected chi connectivity index (χ0v) is 17.2. The quantitative estimate of drug-likeness (QED) is 0.667.